The molecule has 17 heavy (non-hydrogen) atoms. The van der Waals surface area contributed by atoms with E-state index in [0.717, 1.165) is 25.7 Å². The molecular formula is C12H24N4O. The molecule has 0 radical (unpaired) electrons. The summed E-state index contributed by atoms with van der Waals surface area (Å²) in [4.78, 5) is 0. The summed E-state index contributed by atoms with van der Waals surface area (Å²) in [5.74, 6) is 5.56. The van der Waals surface area contributed by atoms with Gasteiger partial charge in [0.2, 0.25) is 0 Å². The zero-order valence-electron chi connectivity index (χ0n) is 11.0. The highest BCUT2D eigenvalue weighted by Crippen LogP contribution is 2.10. The topological polar surface area (TPSA) is 65.1 Å². The molecule has 0 saturated carbocycles. The van der Waals surface area contributed by atoms with Gasteiger partial charge in [0.25, 0.3) is 0 Å². The second-order valence-electron chi connectivity index (χ2n) is 4.55. The summed E-state index contributed by atoms with van der Waals surface area (Å²) < 4.78 is 7.06. The van der Waals surface area contributed by atoms with E-state index >= 15 is 0 Å². The van der Waals surface area contributed by atoms with Gasteiger partial charge in [-0.1, -0.05) is 0 Å². The molecule has 0 fully saturated rings. The summed E-state index contributed by atoms with van der Waals surface area (Å²) in [6.45, 7) is 2.08. The molecule has 2 atom stereocenters. The maximum Gasteiger partial charge on any atom is 0.0543 e. The summed E-state index contributed by atoms with van der Waals surface area (Å²) in [5, 5.41) is 4.15. The summed E-state index contributed by atoms with van der Waals surface area (Å²) in [6.07, 6.45) is 8.34. The molecule has 1 rings (SSSR count). The van der Waals surface area contributed by atoms with Crippen LogP contribution in [0.1, 0.15) is 31.7 Å². The SMILES string of the molecule is COC(C)CCC(CCc1cnn(C)c1)NN. The highest BCUT2D eigenvalue weighted by Gasteiger charge is 2.09. The van der Waals surface area contributed by atoms with Crippen molar-refractivity contribution in [2.24, 2.45) is 12.9 Å². The highest BCUT2D eigenvalue weighted by atomic mass is 16.5. The lowest BCUT2D eigenvalue weighted by atomic mass is 10.0. The van der Waals surface area contributed by atoms with E-state index in [9.17, 15) is 0 Å². The molecule has 0 amide bonds. The van der Waals surface area contributed by atoms with E-state index in [1.54, 1.807) is 7.11 Å². The Morgan fingerprint density at radius 2 is 2.24 bits per heavy atom. The van der Waals surface area contributed by atoms with Crippen molar-refractivity contribution in [3.8, 4) is 0 Å². The number of nitrogens with two attached hydrogens (primary N) is 1. The number of hydrazine groups is 1. The van der Waals surface area contributed by atoms with E-state index in [1.807, 2.05) is 24.1 Å². The molecule has 5 heteroatoms. The van der Waals surface area contributed by atoms with Crippen LogP contribution in [0.25, 0.3) is 0 Å². The van der Waals surface area contributed by atoms with Crippen molar-refractivity contribution in [3.63, 3.8) is 0 Å². The third kappa shape index (κ3) is 5.30. The first-order valence-corrected chi connectivity index (χ1v) is 6.12. The minimum absolute atomic E-state index is 0.296. The van der Waals surface area contributed by atoms with Crippen LogP contribution in [0.5, 0.6) is 0 Å². The minimum atomic E-state index is 0.296. The largest absolute Gasteiger partial charge is 0.382 e. The third-order valence-corrected chi connectivity index (χ3v) is 3.10. The molecule has 0 aliphatic heterocycles. The Kier molecular flexibility index (Phi) is 6.18. The van der Waals surface area contributed by atoms with Gasteiger partial charge in [-0.15, -0.1) is 0 Å². The molecule has 2 unspecified atom stereocenters. The smallest absolute Gasteiger partial charge is 0.0543 e. The Bertz CT molecular complexity index is 313. The Balaban J connectivity index is 2.27. The number of rotatable bonds is 8. The van der Waals surface area contributed by atoms with E-state index in [1.165, 1.54) is 5.56 Å². The number of aryl methyl sites for hydroxylation is 2. The van der Waals surface area contributed by atoms with Crippen LogP contribution in [0, 0.1) is 0 Å². The molecule has 0 aliphatic carbocycles. The van der Waals surface area contributed by atoms with Crippen LogP contribution in [0.3, 0.4) is 0 Å². The molecule has 0 saturated heterocycles. The Morgan fingerprint density at radius 1 is 1.47 bits per heavy atom. The fraction of sp³-hybridized carbons (Fsp3) is 0.750. The van der Waals surface area contributed by atoms with Crippen molar-refractivity contribution >= 4 is 0 Å². The number of aromatic nitrogens is 2. The molecule has 0 aliphatic rings. The lowest BCUT2D eigenvalue weighted by Gasteiger charge is -2.17. The minimum Gasteiger partial charge on any atom is -0.382 e. The van der Waals surface area contributed by atoms with Crippen LogP contribution in [-0.2, 0) is 18.2 Å². The first-order chi connectivity index (χ1) is 8.15. The molecular weight excluding hydrogens is 216 g/mol. The molecule has 1 heterocycles. The van der Waals surface area contributed by atoms with Gasteiger partial charge in [-0.3, -0.25) is 16.0 Å². The number of ether oxygens (including phenoxy) is 1. The van der Waals surface area contributed by atoms with Gasteiger partial charge in [-0.2, -0.15) is 5.10 Å². The second-order valence-corrected chi connectivity index (χ2v) is 4.55. The van der Waals surface area contributed by atoms with Crippen molar-refractivity contribution in [3.05, 3.63) is 18.0 Å². The molecule has 0 aromatic carbocycles. The van der Waals surface area contributed by atoms with Crippen LogP contribution < -0.4 is 11.3 Å². The zero-order valence-corrected chi connectivity index (χ0v) is 11.0. The van der Waals surface area contributed by atoms with Gasteiger partial charge in [0.05, 0.1) is 12.3 Å². The standard InChI is InChI=1S/C12H24N4O/c1-10(17-3)4-6-12(15-13)7-5-11-8-14-16(2)9-11/h8-10,12,15H,4-7,13H2,1-3H3. The Labute approximate surface area is 103 Å². The van der Waals surface area contributed by atoms with Crippen molar-refractivity contribution in [2.45, 2.75) is 44.8 Å². The third-order valence-electron chi connectivity index (χ3n) is 3.10. The van der Waals surface area contributed by atoms with Crippen LogP contribution in [0.2, 0.25) is 0 Å². The number of hydrogen-bond acceptors (Lipinski definition) is 4. The van der Waals surface area contributed by atoms with Crippen molar-refractivity contribution in [1.82, 2.24) is 15.2 Å². The maximum atomic E-state index is 5.56. The number of hydrogen-bond donors (Lipinski definition) is 2. The van der Waals surface area contributed by atoms with Gasteiger partial charge >= 0.3 is 0 Å². The summed E-state index contributed by atoms with van der Waals surface area (Å²) in [7, 11) is 3.67. The molecule has 5 nitrogen and oxygen atoms in total. The zero-order chi connectivity index (χ0) is 12.7. The molecule has 3 N–H and O–H groups in total. The summed E-state index contributed by atoms with van der Waals surface area (Å²) in [5.41, 5.74) is 4.13. The summed E-state index contributed by atoms with van der Waals surface area (Å²) in [6, 6.07) is 0.341. The fourth-order valence-electron chi connectivity index (χ4n) is 1.81. The van der Waals surface area contributed by atoms with Gasteiger partial charge in [0, 0.05) is 26.4 Å². The average molecular weight is 240 g/mol. The first-order valence-electron chi connectivity index (χ1n) is 6.12. The quantitative estimate of drug-likeness (QED) is 0.525. The van der Waals surface area contributed by atoms with E-state index in [0.29, 0.717) is 12.1 Å². The van der Waals surface area contributed by atoms with Gasteiger partial charge in [-0.05, 0) is 38.2 Å². The molecule has 1 aromatic heterocycles. The van der Waals surface area contributed by atoms with Gasteiger partial charge in [0.15, 0.2) is 0 Å². The van der Waals surface area contributed by atoms with E-state index in [-0.39, 0.29) is 0 Å². The normalized spacial score (nSPS) is 14.8. The predicted molar refractivity (Wildman–Crippen MR) is 68.3 cm³/mol. The average Bonchev–Trinajstić information content (AvgIpc) is 2.75. The molecule has 98 valence electrons. The fourth-order valence-corrected chi connectivity index (χ4v) is 1.81. The van der Waals surface area contributed by atoms with E-state index in [4.69, 9.17) is 10.6 Å². The van der Waals surface area contributed by atoms with Crippen molar-refractivity contribution < 1.29 is 4.74 Å². The Morgan fingerprint density at radius 3 is 2.76 bits per heavy atom. The van der Waals surface area contributed by atoms with Crippen molar-refractivity contribution in [2.75, 3.05) is 7.11 Å². The first kappa shape index (κ1) is 14.2. The monoisotopic (exact) mass is 240 g/mol. The molecule has 0 spiro atoms. The molecule has 0 bridgehead atoms. The van der Waals surface area contributed by atoms with Crippen LogP contribution in [-0.4, -0.2) is 29.0 Å². The van der Waals surface area contributed by atoms with Gasteiger partial charge < -0.3 is 4.74 Å². The summed E-state index contributed by atoms with van der Waals surface area (Å²) >= 11 is 0. The highest BCUT2D eigenvalue weighted by molar-refractivity contribution is 5.03. The lowest BCUT2D eigenvalue weighted by molar-refractivity contribution is 0.105. The van der Waals surface area contributed by atoms with E-state index < -0.39 is 0 Å². The van der Waals surface area contributed by atoms with Crippen LogP contribution >= 0.6 is 0 Å². The number of methoxy groups -OCH3 is 1. The predicted octanol–water partition coefficient (Wildman–Crippen LogP) is 1.000. The van der Waals surface area contributed by atoms with Gasteiger partial charge in [0.1, 0.15) is 0 Å². The lowest BCUT2D eigenvalue weighted by Crippen LogP contribution is -2.36. The number of nitrogens with one attached hydrogen (secondary N) is 1. The second kappa shape index (κ2) is 7.42. The van der Waals surface area contributed by atoms with E-state index in [2.05, 4.69) is 17.4 Å². The van der Waals surface area contributed by atoms with Gasteiger partial charge in [-0.25, -0.2) is 0 Å². The van der Waals surface area contributed by atoms with Crippen molar-refractivity contribution in [1.29, 1.82) is 0 Å². The van der Waals surface area contributed by atoms with Crippen LogP contribution in [0.15, 0.2) is 12.4 Å². The maximum absolute atomic E-state index is 5.56. The molecule has 1 aromatic rings. The Hall–Kier alpha value is -0.910. The van der Waals surface area contributed by atoms with Crippen LogP contribution in [0.4, 0.5) is 0 Å². The number of nitrogens with zero attached hydrogens (tertiary/aromatic N) is 2.